The maximum absolute atomic E-state index is 13.6. The Morgan fingerprint density at radius 1 is 1.29 bits per heavy atom. The molecule has 28 heavy (non-hydrogen) atoms. The second-order valence-electron chi connectivity index (χ2n) is 6.74. The van der Waals surface area contributed by atoms with E-state index in [0.717, 1.165) is 30.7 Å². The van der Waals surface area contributed by atoms with Gasteiger partial charge in [-0.2, -0.15) is 0 Å². The number of rotatable bonds is 5. The number of fused-ring (bicyclic) bond motifs is 1. The Bertz CT molecular complexity index is 906. The lowest BCUT2D eigenvalue weighted by Crippen LogP contribution is -2.39. The van der Waals surface area contributed by atoms with Gasteiger partial charge < -0.3 is 19.5 Å². The number of para-hydroxylation sites is 1. The molecule has 0 unspecified atom stereocenters. The summed E-state index contributed by atoms with van der Waals surface area (Å²) < 4.78 is 43.0. The van der Waals surface area contributed by atoms with E-state index in [1.54, 1.807) is 0 Å². The summed E-state index contributed by atoms with van der Waals surface area (Å²) in [5.74, 6) is -0.885. The number of anilines is 1. The predicted molar refractivity (Wildman–Crippen MR) is 97.5 cm³/mol. The molecule has 1 amide bonds. The highest BCUT2D eigenvalue weighted by Gasteiger charge is 2.32. The largest absolute Gasteiger partial charge is 0.494 e. The van der Waals surface area contributed by atoms with Gasteiger partial charge in [-0.15, -0.1) is 0 Å². The molecule has 0 spiro atoms. The van der Waals surface area contributed by atoms with E-state index in [1.165, 1.54) is 7.11 Å². The van der Waals surface area contributed by atoms with Crippen molar-refractivity contribution in [1.82, 2.24) is 4.90 Å². The van der Waals surface area contributed by atoms with Crippen molar-refractivity contribution in [3.63, 3.8) is 0 Å². The summed E-state index contributed by atoms with van der Waals surface area (Å²) in [6, 6.07) is 7.13. The lowest BCUT2D eigenvalue weighted by Gasteiger charge is -2.24. The fraction of sp³-hybridized carbons (Fsp3) is 0.350. The van der Waals surface area contributed by atoms with Crippen LogP contribution in [0.1, 0.15) is 18.4 Å². The van der Waals surface area contributed by atoms with E-state index in [1.807, 2.05) is 23.1 Å². The number of amides is 1. The Morgan fingerprint density at radius 2 is 2.11 bits per heavy atom. The fourth-order valence-corrected chi connectivity index (χ4v) is 3.66. The molecule has 2 aromatic rings. The van der Waals surface area contributed by atoms with Gasteiger partial charge in [-0.1, -0.05) is 12.1 Å². The van der Waals surface area contributed by atoms with Gasteiger partial charge in [-0.25, -0.2) is 8.78 Å². The van der Waals surface area contributed by atoms with Gasteiger partial charge in [0.05, 0.1) is 18.8 Å². The molecule has 2 aliphatic heterocycles. The van der Waals surface area contributed by atoms with E-state index >= 15 is 0 Å². The first kappa shape index (κ1) is 18.5. The van der Waals surface area contributed by atoms with Crippen LogP contribution in [-0.4, -0.2) is 37.3 Å². The summed E-state index contributed by atoms with van der Waals surface area (Å²) in [5, 5.41) is 2.67. The van der Waals surface area contributed by atoms with Crippen molar-refractivity contribution in [2.75, 3.05) is 25.8 Å². The van der Waals surface area contributed by atoms with Crippen LogP contribution in [-0.2, 0) is 11.3 Å². The Kier molecular flexibility index (Phi) is 5.04. The third kappa shape index (κ3) is 3.47. The van der Waals surface area contributed by atoms with E-state index < -0.39 is 17.7 Å². The maximum Gasteiger partial charge on any atom is 0.241 e. The summed E-state index contributed by atoms with van der Waals surface area (Å²) >= 11 is 0. The molecule has 1 fully saturated rings. The molecule has 6 nitrogen and oxygen atoms in total. The average Bonchev–Trinajstić information content (AvgIpc) is 3.34. The van der Waals surface area contributed by atoms with Crippen molar-refractivity contribution in [3.05, 3.63) is 47.5 Å². The number of ether oxygens (including phenoxy) is 3. The van der Waals surface area contributed by atoms with Gasteiger partial charge in [0, 0.05) is 24.2 Å². The number of benzene rings is 2. The van der Waals surface area contributed by atoms with Crippen molar-refractivity contribution in [2.45, 2.75) is 25.4 Å². The molecule has 2 aliphatic rings. The number of methoxy groups -OCH3 is 1. The van der Waals surface area contributed by atoms with Gasteiger partial charge >= 0.3 is 0 Å². The number of nitrogens with zero attached hydrogens (tertiary/aromatic N) is 1. The van der Waals surface area contributed by atoms with Crippen LogP contribution in [0.25, 0.3) is 0 Å². The van der Waals surface area contributed by atoms with Crippen LogP contribution >= 0.6 is 0 Å². The molecule has 0 aliphatic carbocycles. The predicted octanol–water partition coefficient (Wildman–Crippen LogP) is 3.31. The summed E-state index contributed by atoms with van der Waals surface area (Å²) in [4.78, 5) is 14.9. The SMILES string of the molecule is COc1cc(F)c(F)cc1NC(=O)[C@H]1CCCN1Cc1cccc2c1OCO2. The highest BCUT2D eigenvalue weighted by molar-refractivity contribution is 5.96. The molecule has 0 radical (unpaired) electrons. The third-order valence-electron chi connectivity index (χ3n) is 5.02. The molecular weight excluding hydrogens is 370 g/mol. The summed E-state index contributed by atoms with van der Waals surface area (Å²) in [7, 11) is 1.34. The highest BCUT2D eigenvalue weighted by Crippen LogP contribution is 2.37. The number of hydrogen-bond donors (Lipinski definition) is 1. The van der Waals surface area contributed by atoms with E-state index in [2.05, 4.69) is 5.32 Å². The molecule has 0 aromatic heterocycles. The van der Waals surface area contributed by atoms with Crippen LogP contribution in [0, 0.1) is 11.6 Å². The normalized spacial score (nSPS) is 18.3. The van der Waals surface area contributed by atoms with E-state index in [0.29, 0.717) is 24.5 Å². The van der Waals surface area contributed by atoms with Crippen molar-refractivity contribution in [2.24, 2.45) is 0 Å². The van der Waals surface area contributed by atoms with Gasteiger partial charge in [0.15, 0.2) is 23.1 Å². The first-order valence-corrected chi connectivity index (χ1v) is 9.02. The van der Waals surface area contributed by atoms with Gasteiger partial charge in [0.2, 0.25) is 12.7 Å². The molecule has 2 heterocycles. The molecule has 8 heteroatoms. The highest BCUT2D eigenvalue weighted by atomic mass is 19.2. The minimum Gasteiger partial charge on any atom is -0.494 e. The molecule has 0 saturated carbocycles. The van der Waals surface area contributed by atoms with E-state index in [9.17, 15) is 13.6 Å². The first-order chi connectivity index (χ1) is 13.6. The summed E-state index contributed by atoms with van der Waals surface area (Å²) in [5.41, 5.74) is 1.05. The zero-order chi connectivity index (χ0) is 19.7. The molecule has 2 aromatic carbocycles. The molecule has 148 valence electrons. The molecule has 1 saturated heterocycles. The van der Waals surface area contributed by atoms with Crippen LogP contribution in [0.2, 0.25) is 0 Å². The monoisotopic (exact) mass is 390 g/mol. The van der Waals surface area contributed by atoms with E-state index in [-0.39, 0.29) is 24.1 Å². The Labute approximate surface area is 161 Å². The minimum atomic E-state index is -1.05. The lowest BCUT2D eigenvalue weighted by molar-refractivity contribution is -0.120. The topological polar surface area (TPSA) is 60.0 Å². The van der Waals surface area contributed by atoms with Crippen LogP contribution in [0.3, 0.4) is 0 Å². The zero-order valence-electron chi connectivity index (χ0n) is 15.3. The van der Waals surface area contributed by atoms with Crippen LogP contribution in [0.5, 0.6) is 17.2 Å². The molecule has 4 rings (SSSR count). The minimum absolute atomic E-state index is 0.0724. The van der Waals surface area contributed by atoms with Crippen molar-refractivity contribution in [3.8, 4) is 17.2 Å². The van der Waals surface area contributed by atoms with Crippen molar-refractivity contribution >= 4 is 11.6 Å². The first-order valence-electron chi connectivity index (χ1n) is 9.02. The van der Waals surface area contributed by atoms with Gasteiger partial charge in [0.25, 0.3) is 0 Å². The second kappa shape index (κ2) is 7.63. The number of likely N-dealkylation sites (tertiary alicyclic amines) is 1. The number of nitrogens with one attached hydrogen (secondary N) is 1. The fourth-order valence-electron chi connectivity index (χ4n) is 3.66. The number of hydrogen-bond acceptors (Lipinski definition) is 5. The molecule has 1 atom stereocenters. The zero-order valence-corrected chi connectivity index (χ0v) is 15.3. The van der Waals surface area contributed by atoms with Crippen LogP contribution in [0.15, 0.2) is 30.3 Å². The Morgan fingerprint density at radius 3 is 2.93 bits per heavy atom. The number of carbonyl (C=O) groups excluding carboxylic acids is 1. The van der Waals surface area contributed by atoms with Crippen molar-refractivity contribution in [1.29, 1.82) is 0 Å². The molecule has 1 N–H and O–H groups in total. The van der Waals surface area contributed by atoms with Crippen LogP contribution < -0.4 is 19.5 Å². The Balaban J connectivity index is 1.50. The number of carbonyl (C=O) groups is 1. The quantitative estimate of drug-likeness (QED) is 0.849. The van der Waals surface area contributed by atoms with E-state index in [4.69, 9.17) is 14.2 Å². The standard InChI is InChI=1S/C20H20F2N2O4/c1-26-18-9-14(22)13(21)8-15(18)23-20(25)16-5-3-7-24(16)10-12-4-2-6-17-19(12)28-11-27-17/h2,4,6,8-9,16H,3,5,7,10-11H2,1H3,(H,23,25)/t16-/m1/s1. The second-order valence-corrected chi connectivity index (χ2v) is 6.74. The Hall–Kier alpha value is -2.87. The molecular formula is C20H20F2N2O4. The van der Waals surface area contributed by atoms with Crippen LogP contribution in [0.4, 0.5) is 14.5 Å². The van der Waals surface area contributed by atoms with Gasteiger partial charge in [-0.05, 0) is 25.5 Å². The van der Waals surface area contributed by atoms with Gasteiger partial charge in [0.1, 0.15) is 5.75 Å². The summed E-state index contributed by atoms with van der Waals surface area (Å²) in [6.07, 6.45) is 1.53. The molecule has 0 bridgehead atoms. The summed E-state index contributed by atoms with van der Waals surface area (Å²) in [6.45, 7) is 1.46. The number of halogens is 2. The lowest BCUT2D eigenvalue weighted by atomic mass is 10.1. The smallest absolute Gasteiger partial charge is 0.241 e. The maximum atomic E-state index is 13.6. The average molecular weight is 390 g/mol. The van der Waals surface area contributed by atoms with Crippen molar-refractivity contribution < 1.29 is 27.8 Å². The van der Waals surface area contributed by atoms with Gasteiger partial charge in [-0.3, -0.25) is 9.69 Å². The third-order valence-corrected chi connectivity index (χ3v) is 5.02.